The molecule has 2 aromatic rings. The average Bonchev–Trinajstić information content (AvgIpc) is 2.80. The lowest BCUT2D eigenvalue weighted by Crippen LogP contribution is -2.47. The highest BCUT2D eigenvalue weighted by atomic mass is 16.1. The molecule has 1 N–H and O–H groups in total. The molecule has 2 heterocycles. The normalized spacial score (nSPS) is 17.9. The first-order valence-corrected chi connectivity index (χ1v) is 10.9. The number of benzene rings is 1. The number of hydrogen-bond donors (Lipinski definition) is 1. The lowest BCUT2D eigenvalue weighted by Gasteiger charge is -2.36. The van der Waals surface area contributed by atoms with Crippen LogP contribution in [-0.2, 0) is 4.79 Å². The molecule has 1 aromatic carbocycles. The smallest absolute Gasteiger partial charge is 0.225 e. The molecule has 1 aromatic heterocycles. The Labute approximate surface area is 173 Å². The van der Waals surface area contributed by atoms with E-state index in [0.717, 1.165) is 44.5 Å². The molecule has 1 amide bonds. The number of para-hydroxylation sites is 1. The molecule has 29 heavy (non-hydrogen) atoms. The average molecular weight is 394 g/mol. The summed E-state index contributed by atoms with van der Waals surface area (Å²) in [5.41, 5.74) is 1.95. The third-order valence-corrected chi connectivity index (χ3v) is 6.11. The highest BCUT2D eigenvalue weighted by molar-refractivity contribution is 5.90. The SMILES string of the molecule is O=C(CCC1CCCCC1)Nc1cnc(N2CCN(c3ccccc3)CC2)nc1. The molecule has 0 unspecified atom stereocenters. The van der Waals surface area contributed by atoms with Gasteiger partial charge in [0.2, 0.25) is 11.9 Å². The maximum atomic E-state index is 12.2. The van der Waals surface area contributed by atoms with Crippen LogP contribution in [0.1, 0.15) is 44.9 Å². The summed E-state index contributed by atoms with van der Waals surface area (Å²) in [4.78, 5) is 25.8. The van der Waals surface area contributed by atoms with E-state index in [2.05, 4.69) is 49.4 Å². The zero-order valence-electron chi connectivity index (χ0n) is 17.1. The van der Waals surface area contributed by atoms with Crippen LogP contribution in [0.3, 0.4) is 0 Å². The third-order valence-electron chi connectivity index (χ3n) is 6.11. The van der Waals surface area contributed by atoms with E-state index < -0.39 is 0 Å². The van der Waals surface area contributed by atoms with Crippen LogP contribution in [0.2, 0.25) is 0 Å². The molecule has 1 saturated carbocycles. The number of nitrogens with one attached hydrogen (secondary N) is 1. The quantitative estimate of drug-likeness (QED) is 0.800. The highest BCUT2D eigenvalue weighted by Crippen LogP contribution is 2.27. The van der Waals surface area contributed by atoms with Crippen molar-refractivity contribution in [3.63, 3.8) is 0 Å². The van der Waals surface area contributed by atoms with Gasteiger partial charge in [0, 0.05) is 38.3 Å². The Hall–Kier alpha value is -2.63. The molecule has 1 aliphatic heterocycles. The van der Waals surface area contributed by atoms with Crippen LogP contribution in [-0.4, -0.2) is 42.1 Å². The maximum Gasteiger partial charge on any atom is 0.225 e. The Morgan fingerprint density at radius 1 is 0.931 bits per heavy atom. The fourth-order valence-electron chi connectivity index (χ4n) is 4.39. The van der Waals surface area contributed by atoms with Gasteiger partial charge in [0.25, 0.3) is 0 Å². The summed E-state index contributed by atoms with van der Waals surface area (Å²) in [6, 6.07) is 10.5. The number of nitrogens with zero attached hydrogens (tertiary/aromatic N) is 4. The second-order valence-corrected chi connectivity index (χ2v) is 8.17. The Morgan fingerprint density at radius 3 is 2.28 bits per heavy atom. The minimum atomic E-state index is 0.0726. The molecule has 0 spiro atoms. The van der Waals surface area contributed by atoms with E-state index in [1.165, 1.54) is 37.8 Å². The van der Waals surface area contributed by atoms with Crippen LogP contribution < -0.4 is 15.1 Å². The zero-order chi connectivity index (χ0) is 19.9. The van der Waals surface area contributed by atoms with E-state index in [0.29, 0.717) is 12.1 Å². The molecule has 0 bridgehead atoms. The van der Waals surface area contributed by atoms with Gasteiger partial charge < -0.3 is 15.1 Å². The summed E-state index contributed by atoms with van der Waals surface area (Å²) >= 11 is 0. The Balaban J connectivity index is 1.23. The van der Waals surface area contributed by atoms with Crippen molar-refractivity contribution in [3.8, 4) is 0 Å². The number of carbonyl (C=O) groups excluding carboxylic acids is 1. The Morgan fingerprint density at radius 2 is 1.59 bits per heavy atom. The monoisotopic (exact) mass is 393 g/mol. The fraction of sp³-hybridized carbons (Fsp3) is 0.522. The number of anilines is 3. The first-order chi connectivity index (χ1) is 14.3. The van der Waals surface area contributed by atoms with Crippen LogP contribution >= 0.6 is 0 Å². The molecule has 6 nitrogen and oxygen atoms in total. The summed E-state index contributed by atoms with van der Waals surface area (Å²) in [6.07, 6.45) is 11.6. The molecule has 1 saturated heterocycles. The number of aromatic nitrogens is 2. The van der Waals surface area contributed by atoms with E-state index in [9.17, 15) is 4.79 Å². The molecular weight excluding hydrogens is 362 g/mol. The summed E-state index contributed by atoms with van der Waals surface area (Å²) in [7, 11) is 0. The zero-order valence-corrected chi connectivity index (χ0v) is 17.1. The van der Waals surface area contributed by atoms with Gasteiger partial charge in [0.1, 0.15) is 0 Å². The number of carbonyl (C=O) groups is 1. The van der Waals surface area contributed by atoms with Gasteiger partial charge in [-0.1, -0.05) is 50.3 Å². The molecule has 2 fully saturated rings. The first kappa shape index (κ1) is 19.7. The van der Waals surface area contributed by atoms with Crippen molar-refractivity contribution in [2.75, 3.05) is 41.3 Å². The van der Waals surface area contributed by atoms with E-state index in [1.54, 1.807) is 12.4 Å². The van der Waals surface area contributed by atoms with Gasteiger partial charge in [0.15, 0.2) is 0 Å². The summed E-state index contributed by atoms with van der Waals surface area (Å²) in [5, 5.41) is 2.95. The topological polar surface area (TPSA) is 61.4 Å². The lowest BCUT2D eigenvalue weighted by molar-refractivity contribution is -0.116. The second-order valence-electron chi connectivity index (χ2n) is 8.17. The van der Waals surface area contributed by atoms with Gasteiger partial charge in [-0.3, -0.25) is 4.79 Å². The second kappa shape index (κ2) is 9.72. The molecular formula is C23H31N5O. The number of amides is 1. The van der Waals surface area contributed by atoms with Crippen LogP contribution in [0.25, 0.3) is 0 Å². The van der Waals surface area contributed by atoms with Crippen molar-refractivity contribution in [2.24, 2.45) is 5.92 Å². The summed E-state index contributed by atoms with van der Waals surface area (Å²) < 4.78 is 0. The van der Waals surface area contributed by atoms with E-state index in [1.807, 2.05) is 6.07 Å². The predicted molar refractivity (Wildman–Crippen MR) is 117 cm³/mol. The van der Waals surface area contributed by atoms with Crippen molar-refractivity contribution in [1.29, 1.82) is 0 Å². The highest BCUT2D eigenvalue weighted by Gasteiger charge is 2.19. The third kappa shape index (κ3) is 5.46. The number of rotatable bonds is 6. The van der Waals surface area contributed by atoms with Crippen molar-refractivity contribution in [2.45, 2.75) is 44.9 Å². The van der Waals surface area contributed by atoms with E-state index in [-0.39, 0.29) is 5.91 Å². The first-order valence-electron chi connectivity index (χ1n) is 10.9. The van der Waals surface area contributed by atoms with Crippen molar-refractivity contribution >= 4 is 23.2 Å². The molecule has 2 aliphatic rings. The lowest BCUT2D eigenvalue weighted by atomic mass is 9.86. The van der Waals surface area contributed by atoms with Crippen LogP contribution in [0.4, 0.5) is 17.3 Å². The molecule has 0 radical (unpaired) electrons. The minimum absolute atomic E-state index is 0.0726. The molecule has 6 heteroatoms. The summed E-state index contributed by atoms with van der Waals surface area (Å²) in [5.74, 6) is 1.53. The standard InChI is InChI=1S/C23H31N5O/c29-22(12-11-19-7-3-1-4-8-19)26-20-17-24-23(25-18-20)28-15-13-27(14-16-28)21-9-5-2-6-10-21/h2,5-6,9-10,17-19H,1,3-4,7-8,11-16H2,(H,26,29). The van der Waals surface area contributed by atoms with Gasteiger partial charge in [-0.05, 0) is 24.5 Å². The molecule has 0 atom stereocenters. The fourth-order valence-corrected chi connectivity index (χ4v) is 4.39. The summed E-state index contributed by atoms with van der Waals surface area (Å²) in [6.45, 7) is 3.68. The largest absolute Gasteiger partial charge is 0.368 e. The minimum Gasteiger partial charge on any atom is -0.368 e. The number of piperazine rings is 1. The van der Waals surface area contributed by atoms with Crippen LogP contribution in [0.5, 0.6) is 0 Å². The van der Waals surface area contributed by atoms with Gasteiger partial charge in [-0.2, -0.15) is 0 Å². The Bertz CT molecular complexity index is 766. The molecule has 1 aliphatic carbocycles. The number of hydrogen-bond acceptors (Lipinski definition) is 5. The van der Waals surface area contributed by atoms with Gasteiger partial charge in [0.05, 0.1) is 18.1 Å². The van der Waals surface area contributed by atoms with Crippen molar-refractivity contribution in [3.05, 3.63) is 42.7 Å². The van der Waals surface area contributed by atoms with Gasteiger partial charge in [-0.15, -0.1) is 0 Å². The van der Waals surface area contributed by atoms with Gasteiger partial charge >= 0.3 is 0 Å². The van der Waals surface area contributed by atoms with Crippen molar-refractivity contribution < 1.29 is 4.79 Å². The van der Waals surface area contributed by atoms with E-state index >= 15 is 0 Å². The predicted octanol–water partition coefficient (Wildman–Crippen LogP) is 4.10. The Kier molecular flexibility index (Phi) is 6.60. The van der Waals surface area contributed by atoms with Crippen LogP contribution in [0, 0.1) is 5.92 Å². The van der Waals surface area contributed by atoms with Gasteiger partial charge in [-0.25, -0.2) is 9.97 Å². The van der Waals surface area contributed by atoms with Crippen molar-refractivity contribution in [1.82, 2.24) is 9.97 Å². The van der Waals surface area contributed by atoms with Crippen LogP contribution in [0.15, 0.2) is 42.7 Å². The molecule has 4 rings (SSSR count). The molecule has 154 valence electrons. The van der Waals surface area contributed by atoms with E-state index in [4.69, 9.17) is 0 Å². The maximum absolute atomic E-state index is 12.2.